The first kappa shape index (κ1) is 13.2. The molecule has 1 aliphatic rings. The van der Waals surface area contributed by atoms with Crippen LogP contribution < -0.4 is 0 Å². The summed E-state index contributed by atoms with van der Waals surface area (Å²) in [5, 5.41) is 4.22. The maximum atomic E-state index is 5.85. The van der Waals surface area contributed by atoms with Crippen molar-refractivity contribution in [1.29, 1.82) is 0 Å². The van der Waals surface area contributed by atoms with E-state index in [0.29, 0.717) is 0 Å². The second kappa shape index (κ2) is 6.11. The van der Waals surface area contributed by atoms with E-state index in [9.17, 15) is 0 Å². The monoisotopic (exact) mass is 273 g/mol. The van der Waals surface area contributed by atoms with Crippen LogP contribution in [-0.2, 0) is 17.8 Å². The van der Waals surface area contributed by atoms with Gasteiger partial charge in [-0.05, 0) is 13.0 Å². The summed E-state index contributed by atoms with van der Waals surface area (Å²) >= 11 is 0. The maximum absolute atomic E-state index is 5.85. The van der Waals surface area contributed by atoms with E-state index in [2.05, 4.69) is 33.0 Å². The fourth-order valence-corrected chi connectivity index (χ4v) is 2.49. The van der Waals surface area contributed by atoms with Gasteiger partial charge < -0.3 is 4.74 Å². The first-order valence-electron chi connectivity index (χ1n) is 6.97. The van der Waals surface area contributed by atoms with E-state index in [1.54, 1.807) is 12.5 Å². The van der Waals surface area contributed by atoms with Crippen molar-refractivity contribution in [3.05, 3.63) is 42.2 Å². The predicted octanol–water partition coefficient (Wildman–Crippen LogP) is 1.27. The number of aromatic nitrogens is 4. The molecule has 0 radical (unpaired) electrons. The molecule has 3 heterocycles. The molecule has 0 aromatic carbocycles. The summed E-state index contributed by atoms with van der Waals surface area (Å²) in [6.45, 7) is 6.27. The van der Waals surface area contributed by atoms with Crippen LogP contribution in [0.2, 0.25) is 0 Å². The minimum Gasteiger partial charge on any atom is -0.371 e. The molecule has 106 valence electrons. The Morgan fingerprint density at radius 2 is 2.40 bits per heavy atom. The van der Waals surface area contributed by atoms with Gasteiger partial charge in [-0.3, -0.25) is 9.88 Å². The average molecular weight is 273 g/mol. The third kappa shape index (κ3) is 2.86. The van der Waals surface area contributed by atoms with Crippen molar-refractivity contribution in [2.75, 3.05) is 19.7 Å². The third-order valence-electron chi connectivity index (χ3n) is 3.57. The van der Waals surface area contributed by atoms with Crippen molar-refractivity contribution in [1.82, 2.24) is 24.6 Å². The predicted molar refractivity (Wildman–Crippen MR) is 73.9 cm³/mol. The van der Waals surface area contributed by atoms with Gasteiger partial charge in [-0.2, -0.15) is 5.10 Å². The molecular formula is C14H19N5O. The summed E-state index contributed by atoms with van der Waals surface area (Å²) in [4.78, 5) is 10.9. The number of nitrogens with zero attached hydrogens (tertiary/aromatic N) is 5. The van der Waals surface area contributed by atoms with Crippen LogP contribution in [0.4, 0.5) is 0 Å². The van der Waals surface area contributed by atoms with Gasteiger partial charge in [0.15, 0.2) is 0 Å². The number of hydrogen-bond donors (Lipinski definition) is 0. The largest absolute Gasteiger partial charge is 0.371 e. The number of morpholine rings is 1. The highest BCUT2D eigenvalue weighted by Crippen LogP contribution is 2.22. The Morgan fingerprint density at radius 3 is 3.20 bits per heavy atom. The highest BCUT2D eigenvalue weighted by Gasteiger charge is 2.23. The van der Waals surface area contributed by atoms with Gasteiger partial charge in [0.1, 0.15) is 12.2 Å². The van der Waals surface area contributed by atoms with Crippen LogP contribution in [0.25, 0.3) is 0 Å². The lowest BCUT2D eigenvalue weighted by atomic mass is 10.1. The first-order valence-corrected chi connectivity index (χ1v) is 6.97. The molecule has 0 amide bonds. The second-order valence-electron chi connectivity index (χ2n) is 4.87. The lowest BCUT2D eigenvalue weighted by Crippen LogP contribution is -2.38. The Hall–Kier alpha value is -1.79. The van der Waals surface area contributed by atoms with Crippen molar-refractivity contribution >= 4 is 0 Å². The van der Waals surface area contributed by atoms with E-state index < -0.39 is 0 Å². The molecule has 20 heavy (non-hydrogen) atoms. The van der Waals surface area contributed by atoms with Crippen molar-refractivity contribution in [3.8, 4) is 0 Å². The van der Waals surface area contributed by atoms with Crippen molar-refractivity contribution in [2.45, 2.75) is 26.1 Å². The zero-order valence-corrected chi connectivity index (χ0v) is 11.6. The number of aryl methyl sites for hydroxylation is 1. The third-order valence-corrected chi connectivity index (χ3v) is 3.57. The smallest absolute Gasteiger partial charge is 0.140 e. The van der Waals surface area contributed by atoms with Gasteiger partial charge >= 0.3 is 0 Å². The van der Waals surface area contributed by atoms with E-state index >= 15 is 0 Å². The molecule has 1 saturated heterocycles. The normalized spacial score (nSPS) is 20.1. The zero-order chi connectivity index (χ0) is 13.8. The number of hydrogen-bond acceptors (Lipinski definition) is 5. The molecule has 1 aliphatic heterocycles. The summed E-state index contributed by atoms with van der Waals surface area (Å²) < 4.78 is 7.78. The highest BCUT2D eigenvalue weighted by atomic mass is 16.5. The fraction of sp³-hybridized carbons (Fsp3) is 0.500. The quantitative estimate of drug-likeness (QED) is 0.839. The number of ether oxygens (including phenoxy) is 1. The van der Waals surface area contributed by atoms with Crippen LogP contribution in [0.15, 0.2) is 30.9 Å². The van der Waals surface area contributed by atoms with Gasteiger partial charge in [-0.25, -0.2) is 9.67 Å². The molecule has 0 bridgehead atoms. The maximum Gasteiger partial charge on any atom is 0.140 e. The Labute approximate surface area is 118 Å². The molecule has 0 spiro atoms. The topological polar surface area (TPSA) is 56.1 Å². The summed E-state index contributed by atoms with van der Waals surface area (Å²) in [6, 6.07) is 4.01. The minimum atomic E-state index is 0.0930. The van der Waals surface area contributed by atoms with E-state index in [-0.39, 0.29) is 6.10 Å². The van der Waals surface area contributed by atoms with Crippen LogP contribution in [0.1, 0.15) is 24.4 Å². The summed E-state index contributed by atoms with van der Waals surface area (Å²) in [7, 11) is 0. The van der Waals surface area contributed by atoms with Crippen molar-refractivity contribution in [2.24, 2.45) is 0 Å². The molecule has 1 fully saturated rings. The Kier molecular flexibility index (Phi) is 4.03. The Balaban J connectivity index is 1.67. The molecule has 2 aromatic rings. The Bertz CT molecular complexity index is 542. The van der Waals surface area contributed by atoms with E-state index in [4.69, 9.17) is 4.74 Å². The van der Waals surface area contributed by atoms with Crippen LogP contribution >= 0.6 is 0 Å². The van der Waals surface area contributed by atoms with Crippen LogP contribution in [0.5, 0.6) is 0 Å². The van der Waals surface area contributed by atoms with Gasteiger partial charge in [0.05, 0.1) is 19.3 Å². The summed E-state index contributed by atoms with van der Waals surface area (Å²) in [5.41, 5.74) is 1.13. The minimum absolute atomic E-state index is 0.0930. The highest BCUT2D eigenvalue weighted by molar-refractivity contribution is 5.13. The lowest BCUT2D eigenvalue weighted by Gasteiger charge is -2.32. The Morgan fingerprint density at radius 1 is 1.45 bits per heavy atom. The average Bonchev–Trinajstić information content (AvgIpc) is 2.96. The molecule has 2 aromatic heterocycles. The number of rotatable bonds is 4. The zero-order valence-electron chi connectivity index (χ0n) is 11.6. The van der Waals surface area contributed by atoms with E-state index in [1.807, 2.05) is 16.9 Å². The van der Waals surface area contributed by atoms with E-state index in [0.717, 1.165) is 44.2 Å². The van der Waals surface area contributed by atoms with Crippen molar-refractivity contribution < 1.29 is 4.74 Å². The van der Waals surface area contributed by atoms with Gasteiger partial charge in [-0.1, -0.05) is 6.07 Å². The molecule has 0 unspecified atom stereocenters. The van der Waals surface area contributed by atoms with Crippen LogP contribution in [0.3, 0.4) is 0 Å². The van der Waals surface area contributed by atoms with Crippen LogP contribution in [-0.4, -0.2) is 44.3 Å². The first-order chi connectivity index (χ1) is 9.86. The van der Waals surface area contributed by atoms with Crippen LogP contribution in [0, 0.1) is 0 Å². The van der Waals surface area contributed by atoms with E-state index in [1.165, 1.54) is 0 Å². The molecule has 3 rings (SSSR count). The van der Waals surface area contributed by atoms with Gasteiger partial charge in [0.25, 0.3) is 0 Å². The second-order valence-corrected chi connectivity index (χ2v) is 4.87. The summed E-state index contributed by atoms with van der Waals surface area (Å²) in [6.07, 6.45) is 5.38. The van der Waals surface area contributed by atoms with Crippen molar-refractivity contribution in [3.63, 3.8) is 0 Å². The molecule has 6 heteroatoms. The molecule has 6 nitrogen and oxygen atoms in total. The standard InChI is InChI=1S/C14H19N5O/c1-2-19-14(16-11-17-19)10-18-6-7-20-13(9-18)12-4-3-5-15-8-12/h3-5,8,11,13H,2,6-7,9-10H2,1H3/t13-/m1/s1. The number of pyridine rings is 1. The summed E-state index contributed by atoms with van der Waals surface area (Å²) in [5.74, 6) is 1.01. The van der Waals surface area contributed by atoms with Gasteiger partial charge in [-0.15, -0.1) is 0 Å². The molecule has 1 atom stereocenters. The SMILES string of the molecule is CCn1ncnc1CN1CCO[C@@H](c2cccnc2)C1. The molecule has 0 N–H and O–H groups in total. The van der Waals surface area contributed by atoms with Gasteiger partial charge in [0.2, 0.25) is 0 Å². The van der Waals surface area contributed by atoms with Gasteiger partial charge in [0, 0.05) is 37.6 Å². The molecular weight excluding hydrogens is 254 g/mol. The fourth-order valence-electron chi connectivity index (χ4n) is 2.49. The molecule has 0 saturated carbocycles. The lowest BCUT2D eigenvalue weighted by molar-refractivity contribution is -0.0341. The molecule has 0 aliphatic carbocycles.